The molecule has 3 rings (SSSR count). The Morgan fingerprint density at radius 2 is 2.00 bits per heavy atom. The van der Waals surface area contributed by atoms with Gasteiger partial charge in [-0.05, 0) is 29.8 Å². The van der Waals surface area contributed by atoms with Crippen LogP contribution in [0.15, 0.2) is 48.0 Å². The van der Waals surface area contributed by atoms with Crippen molar-refractivity contribution in [3.63, 3.8) is 0 Å². The van der Waals surface area contributed by atoms with Crippen LogP contribution in [0.2, 0.25) is 0 Å². The molecule has 0 radical (unpaired) electrons. The summed E-state index contributed by atoms with van der Waals surface area (Å²) < 4.78 is 1.20. The third-order valence-electron chi connectivity index (χ3n) is 3.06. The van der Waals surface area contributed by atoms with Crippen LogP contribution in [-0.2, 0) is 0 Å². The molecule has 0 aliphatic rings. The van der Waals surface area contributed by atoms with E-state index in [2.05, 4.69) is 11.1 Å². The normalized spacial score (nSPS) is 12.8. The van der Waals surface area contributed by atoms with Gasteiger partial charge in [0.2, 0.25) is 0 Å². The number of hydrogen-bond acceptors (Lipinski definition) is 3. The minimum atomic E-state index is -0.603. The molecular weight excluding hydrogens is 242 g/mol. The Balaban J connectivity index is 2.06. The Labute approximate surface area is 110 Å². The summed E-state index contributed by atoms with van der Waals surface area (Å²) in [5.41, 5.74) is 2.76. The number of fused-ring (bicyclic) bond motifs is 1. The second-order valence-electron chi connectivity index (χ2n) is 4.32. The Kier molecular flexibility index (Phi) is 2.86. The molecule has 0 aliphatic heterocycles. The van der Waals surface area contributed by atoms with E-state index >= 15 is 0 Å². The Bertz CT molecular complexity index is 672. The predicted octanol–water partition coefficient (Wildman–Crippen LogP) is 3.69. The zero-order valence-corrected chi connectivity index (χ0v) is 10.8. The molecule has 18 heavy (non-hydrogen) atoms. The second kappa shape index (κ2) is 4.52. The number of aliphatic hydroxyl groups is 1. The Morgan fingerprint density at radius 3 is 2.78 bits per heavy atom. The first kappa shape index (κ1) is 11.4. The highest BCUT2D eigenvalue weighted by Gasteiger charge is 2.15. The third-order valence-corrected chi connectivity index (χ3v) is 4.04. The first-order chi connectivity index (χ1) is 8.75. The van der Waals surface area contributed by atoms with Crippen molar-refractivity contribution in [2.45, 2.75) is 13.0 Å². The third kappa shape index (κ3) is 1.92. The van der Waals surface area contributed by atoms with Crippen LogP contribution < -0.4 is 0 Å². The van der Waals surface area contributed by atoms with Crippen LogP contribution in [0, 0.1) is 6.92 Å². The van der Waals surface area contributed by atoms with E-state index in [0.717, 1.165) is 22.2 Å². The molecule has 3 heteroatoms. The van der Waals surface area contributed by atoms with E-state index in [1.54, 1.807) is 17.5 Å². The van der Waals surface area contributed by atoms with Gasteiger partial charge in [-0.25, -0.2) is 0 Å². The summed E-state index contributed by atoms with van der Waals surface area (Å²) in [6.45, 7) is 1.94. The number of thiophene rings is 1. The maximum Gasteiger partial charge on any atom is 0.107 e. The lowest BCUT2D eigenvalue weighted by Crippen LogP contribution is -1.99. The maximum absolute atomic E-state index is 10.4. The van der Waals surface area contributed by atoms with Crippen molar-refractivity contribution >= 4 is 21.4 Å². The van der Waals surface area contributed by atoms with Crippen molar-refractivity contribution in [3.05, 3.63) is 64.8 Å². The van der Waals surface area contributed by atoms with Gasteiger partial charge in [0.15, 0.2) is 0 Å². The molecule has 1 atom stereocenters. The number of hydrogen-bond donors (Lipinski definition) is 1. The summed E-state index contributed by atoms with van der Waals surface area (Å²) in [7, 11) is 0. The van der Waals surface area contributed by atoms with Gasteiger partial charge >= 0.3 is 0 Å². The van der Waals surface area contributed by atoms with Gasteiger partial charge in [-0.1, -0.05) is 24.3 Å². The number of nitrogens with zero attached hydrogens (tertiary/aromatic N) is 1. The van der Waals surface area contributed by atoms with Gasteiger partial charge in [-0.3, -0.25) is 4.98 Å². The van der Waals surface area contributed by atoms with Gasteiger partial charge in [0.1, 0.15) is 6.10 Å². The van der Waals surface area contributed by atoms with Crippen LogP contribution in [0.4, 0.5) is 0 Å². The molecule has 0 saturated carbocycles. The number of rotatable bonds is 2. The van der Waals surface area contributed by atoms with E-state index < -0.39 is 6.10 Å². The molecule has 0 fully saturated rings. The topological polar surface area (TPSA) is 33.1 Å². The van der Waals surface area contributed by atoms with Crippen molar-refractivity contribution in [2.75, 3.05) is 0 Å². The van der Waals surface area contributed by atoms with Crippen LogP contribution in [0.5, 0.6) is 0 Å². The van der Waals surface area contributed by atoms with Crippen molar-refractivity contribution < 1.29 is 5.11 Å². The molecule has 0 amide bonds. The lowest BCUT2D eigenvalue weighted by molar-refractivity contribution is 0.222. The van der Waals surface area contributed by atoms with E-state index in [0.29, 0.717) is 0 Å². The number of pyridine rings is 1. The first-order valence-electron chi connectivity index (χ1n) is 5.82. The SMILES string of the molecule is Cc1ccc(C(O)c2csc3ccccc23)cn1. The molecule has 0 bridgehead atoms. The summed E-state index contributed by atoms with van der Waals surface area (Å²) in [6.07, 6.45) is 1.14. The van der Waals surface area contributed by atoms with Crippen molar-refractivity contribution in [2.24, 2.45) is 0 Å². The summed E-state index contributed by atoms with van der Waals surface area (Å²) in [5.74, 6) is 0. The summed E-state index contributed by atoms with van der Waals surface area (Å²) in [4.78, 5) is 4.23. The number of aliphatic hydroxyl groups excluding tert-OH is 1. The zero-order valence-electron chi connectivity index (χ0n) is 10.00. The van der Waals surface area contributed by atoms with Crippen LogP contribution >= 0.6 is 11.3 Å². The lowest BCUT2D eigenvalue weighted by atomic mass is 10.0. The Morgan fingerprint density at radius 1 is 1.17 bits per heavy atom. The minimum absolute atomic E-state index is 0.603. The van der Waals surface area contributed by atoms with Crippen LogP contribution in [0.25, 0.3) is 10.1 Å². The average molecular weight is 255 g/mol. The maximum atomic E-state index is 10.4. The quantitative estimate of drug-likeness (QED) is 0.757. The highest BCUT2D eigenvalue weighted by molar-refractivity contribution is 7.17. The van der Waals surface area contributed by atoms with E-state index in [1.807, 2.05) is 42.6 Å². The molecule has 90 valence electrons. The monoisotopic (exact) mass is 255 g/mol. The predicted molar refractivity (Wildman–Crippen MR) is 74.9 cm³/mol. The Hall–Kier alpha value is -1.71. The molecule has 2 aromatic heterocycles. The van der Waals surface area contributed by atoms with Crippen molar-refractivity contribution in [3.8, 4) is 0 Å². The number of aromatic nitrogens is 1. The molecule has 1 unspecified atom stereocenters. The highest BCUT2D eigenvalue weighted by atomic mass is 32.1. The van der Waals surface area contributed by atoms with Crippen molar-refractivity contribution in [1.29, 1.82) is 0 Å². The molecule has 0 aliphatic carbocycles. The first-order valence-corrected chi connectivity index (χ1v) is 6.70. The molecular formula is C15H13NOS. The zero-order chi connectivity index (χ0) is 12.5. The van der Waals surface area contributed by atoms with Gasteiger partial charge in [-0.2, -0.15) is 0 Å². The summed E-state index contributed by atoms with van der Waals surface area (Å²) in [5, 5.41) is 13.6. The van der Waals surface area contributed by atoms with E-state index in [9.17, 15) is 5.11 Å². The van der Waals surface area contributed by atoms with Crippen LogP contribution in [0.3, 0.4) is 0 Å². The number of benzene rings is 1. The van der Waals surface area contributed by atoms with Crippen LogP contribution in [-0.4, -0.2) is 10.1 Å². The molecule has 2 nitrogen and oxygen atoms in total. The molecule has 0 spiro atoms. The highest BCUT2D eigenvalue weighted by Crippen LogP contribution is 2.33. The summed E-state index contributed by atoms with van der Waals surface area (Å²) in [6, 6.07) is 12.0. The van der Waals surface area contributed by atoms with Gasteiger partial charge in [-0.15, -0.1) is 11.3 Å². The van der Waals surface area contributed by atoms with Gasteiger partial charge in [0.05, 0.1) is 0 Å². The molecule has 1 N–H and O–H groups in total. The van der Waals surface area contributed by atoms with E-state index in [4.69, 9.17) is 0 Å². The van der Waals surface area contributed by atoms with Gasteiger partial charge < -0.3 is 5.11 Å². The fraction of sp³-hybridized carbons (Fsp3) is 0.133. The molecule has 3 aromatic rings. The molecule has 2 heterocycles. The minimum Gasteiger partial charge on any atom is -0.384 e. The fourth-order valence-corrected chi connectivity index (χ4v) is 3.01. The summed E-state index contributed by atoms with van der Waals surface area (Å²) >= 11 is 1.66. The second-order valence-corrected chi connectivity index (χ2v) is 5.23. The van der Waals surface area contributed by atoms with E-state index in [1.165, 1.54) is 4.70 Å². The smallest absolute Gasteiger partial charge is 0.107 e. The largest absolute Gasteiger partial charge is 0.384 e. The van der Waals surface area contributed by atoms with Gasteiger partial charge in [0, 0.05) is 27.7 Å². The fourth-order valence-electron chi connectivity index (χ4n) is 2.03. The van der Waals surface area contributed by atoms with Gasteiger partial charge in [0.25, 0.3) is 0 Å². The van der Waals surface area contributed by atoms with Crippen molar-refractivity contribution in [1.82, 2.24) is 4.98 Å². The van der Waals surface area contributed by atoms with E-state index in [-0.39, 0.29) is 0 Å². The van der Waals surface area contributed by atoms with Crippen LogP contribution in [0.1, 0.15) is 22.9 Å². The molecule has 0 saturated heterocycles. The molecule has 1 aromatic carbocycles. The standard InChI is InChI=1S/C15H13NOS/c1-10-6-7-11(8-16-10)15(17)13-9-18-14-5-3-2-4-12(13)14/h2-9,15,17H,1H3. The average Bonchev–Trinajstić information content (AvgIpc) is 2.82. The number of aryl methyl sites for hydroxylation is 1. The lowest BCUT2D eigenvalue weighted by Gasteiger charge is -2.10.